The first-order valence-corrected chi connectivity index (χ1v) is 22.2. The van der Waals surface area contributed by atoms with Crippen LogP contribution in [0.3, 0.4) is 0 Å². The molecule has 6 heterocycles. The number of carbonyl (C=O) groups is 4. The van der Waals surface area contributed by atoms with Gasteiger partial charge in [-0.05, 0) is 88.3 Å². The Bertz CT molecular complexity index is 2550. The highest BCUT2D eigenvalue weighted by molar-refractivity contribution is 6.33. The number of likely N-dealkylation sites (N-methyl/N-ethyl adjacent to an activating group) is 1. The molecule has 1 unspecified atom stereocenters. The molecule has 4 fully saturated rings. The number of nitrogens with zero attached hydrogens (tertiary/aromatic N) is 7. The Morgan fingerprint density at radius 3 is 2.49 bits per heavy atom. The molecule has 0 bridgehead atoms. The summed E-state index contributed by atoms with van der Waals surface area (Å²) in [7, 11) is 1.51. The van der Waals surface area contributed by atoms with Crippen LogP contribution in [-0.4, -0.2) is 113 Å². The van der Waals surface area contributed by atoms with Crippen LogP contribution in [0.1, 0.15) is 74.3 Å². The number of halogens is 2. The van der Waals surface area contributed by atoms with Gasteiger partial charge in [0, 0.05) is 92.9 Å². The molecule has 1 saturated carbocycles. The Morgan fingerprint density at radius 1 is 1.02 bits per heavy atom. The van der Waals surface area contributed by atoms with E-state index < -0.39 is 11.9 Å². The molecular formula is C45H52ClFN10O6. The fraction of sp³-hybridized carbons (Fsp3) is 0.489. The van der Waals surface area contributed by atoms with Gasteiger partial charge in [-0.1, -0.05) is 11.6 Å². The van der Waals surface area contributed by atoms with Crippen molar-refractivity contribution in [3.8, 4) is 5.75 Å². The maximum atomic E-state index is 16.0. The van der Waals surface area contributed by atoms with Crippen LogP contribution in [0.15, 0.2) is 47.4 Å². The lowest BCUT2D eigenvalue weighted by atomic mass is 9.65. The third-order valence-corrected chi connectivity index (χ3v) is 13.8. The summed E-state index contributed by atoms with van der Waals surface area (Å²) in [5, 5.41) is 9.26. The Balaban J connectivity index is 0.767. The van der Waals surface area contributed by atoms with Gasteiger partial charge >= 0.3 is 0 Å². The number of aromatic nitrogens is 3. The molecular weight excluding hydrogens is 831 g/mol. The van der Waals surface area contributed by atoms with Gasteiger partial charge < -0.3 is 34.6 Å². The van der Waals surface area contributed by atoms with Gasteiger partial charge in [0.15, 0.2) is 24.0 Å². The second kappa shape index (κ2) is 17.1. The standard InChI is InChI=1S/C45H52ClFN10O6/c1-26(2)57-33-6-4-29(18-28(33)19-36(43(57)62)63-23-38(59)48-3)50-40-32(46)20-49-44(52-40)54-16-14-53(15-17-54)21-27-10-12-45(13-11-27)24-55(25-45)34-7-5-30-31(39(34)47)22-56(42(30)61)35-8-9-37(58)51-41(35)60/h4-7,18-20,26-27,35H,8-17,21-25H2,1-3H3,(H,48,59)(H,49,50,52)(H,51,58,60). The third-order valence-electron chi connectivity index (χ3n) is 13.5. The minimum Gasteiger partial charge on any atom is -0.478 e. The number of nitrogens with one attached hydrogen (secondary N) is 3. The van der Waals surface area contributed by atoms with Crippen LogP contribution in [0.5, 0.6) is 5.75 Å². The molecule has 2 aromatic carbocycles. The van der Waals surface area contributed by atoms with Crippen LogP contribution in [0.4, 0.5) is 27.5 Å². The number of pyridine rings is 1. The number of amides is 4. The summed E-state index contributed by atoms with van der Waals surface area (Å²) in [5.41, 5.74) is 2.44. The van der Waals surface area contributed by atoms with Crippen molar-refractivity contribution >= 4 is 69.3 Å². The molecule has 4 aliphatic heterocycles. The highest BCUT2D eigenvalue weighted by Crippen LogP contribution is 2.48. The lowest BCUT2D eigenvalue weighted by Crippen LogP contribution is -2.58. The summed E-state index contributed by atoms with van der Waals surface area (Å²) in [6, 6.07) is 9.75. The molecule has 1 atom stereocenters. The molecule has 18 heteroatoms. The van der Waals surface area contributed by atoms with Crippen LogP contribution in [-0.2, 0) is 20.9 Å². The Kier molecular flexibility index (Phi) is 11.5. The van der Waals surface area contributed by atoms with E-state index in [9.17, 15) is 24.0 Å². The van der Waals surface area contributed by atoms with E-state index in [4.69, 9.17) is 21.3 Å². The van der Waals surface area contributed by atoms with Crippen molar-refractivity contribution in [2.45, 2.75) is 71.0 Å². The van der Waals surface area contributed by atoms with Crippen molar-refractivity contribution < 1.29 is 28.3 Å². The van der Waals surface area contributed by atoms with Crippen molar-refractivity contribution in [3.05, 3.63) is 74.9 Å². The largest absolute Gasteiger partial charge is 0.478 e. The first-order chi connectivity index (χ1) is 30.3. The summed E-state index contributed by atoms with van der Waals surface area (Å²) in [4.78, 5) is 79.9. The lowest BCUT2D eigenvalue weighted by molar-refractivity contribution is -0.137. The van der Waals surface area contributed by atoms with E-state index >= 15 is 4.39 Å². The lowest BCUT2D eigenvalue weighted by Gasteiger charge is -2.55. The van der Waals surface area contributed by atoms with E-state index in [-0.39, 0.29) is 72.3 Å². The Morgan fingerprint density at radius 2 is 1.78 bits per heavy atom. The molecule has 3 N–H and O–H groups in total. The molecule has 63 heavy (non-hydrogen) atoms. The number of fused-ring (bicyclic) bond motifs is 2. The normalized spacial score (nSPS) is 20.3. The molecule has 1 spiro atoms. The van der Waals surface area contributed by atoms with Crippen molar-refractivity contribution in [3.63, 3.8) is 0 Å². The first-order valence-electron chi connectivity index (χ1n) is 21.8. The average molecular weight is 883 g/mol. The van der Waals surface area contributed by atoms with Gasteiger partial charge in [-0.15, -0.1) is 0 Å². The van der Waals surface area contributed by atoms with Gasteiger partial charge in [-0.2, -0.15) is 4.98 Å². The van der Waals surface area contributed by atoms with Gasteiger partial charge in [0.25, 0.3) is 17.4 Å². The van der Waals surface area contributed by atoms with Crippen molar-refractivity contribution in [1.29, 1.82) is 0 Å². The van der Waals surface area contributed by atoms with Gasteiger partial charge in [0.05, 0.1) is 23.9 Å². The van der Waals surface area contributed by atoms with E-state index in [0.717, 1.165) is 82.4 Å². The molecule has 9 rings (SSSR count). The van der Waals surface area contributed by atoms with Crippen LogP contribution >= 0.6 is 11.6 Å². The molecule has 4 aromatic rings. The maximum Gasteiger partial charge on any atom is 0.293 e. The van der Waals surface area contributed by atoms with Crippen molar-refractivity contribution in [2.75, 3.05) is 74.6 Å². The fourth-order valence-electron chi connectivity index (χ4n) is 10.0. The highest BCUT2D eigenvalue weighted by atomic mass is 35.5. The fourth-order valence-corrected chi connectivity index (χ4v) is 10.2. The van der Waals surface area contributed by atoms with Gasteiger partial charge in [0.2, 0.25) is 17.8 Å². The number of imide groups is 1. The van der Waals surface area contributed by atoms with E-state index in [1.807, 2.05) is 32.0 Å². The molecule has 16 nitrogen and oxygen atoms in total. The van der Waals surface area contributed by atoms with Crippen LogP contribution in [0.2, 0.25) is 5.02 Å². The monoisotopic (exact) mass is 882 g/mol. The minimum atomic E-state index is -0.772. The SMILES string of the molecule is CNC(=O)COc1cc2cc(Nc3nc(N4CCN(CC5CCC6(CC5)CN(c5ccc7c(c5F)CN(C5CCC(=O)NC5=O)C7=O)C6)CC4)ncc3Cl)ccc2n(C(C)C)c1=O. The van der Waals surface area contributed by atoms with Crippen LogP contribution in [0, 0.1) is 17.2 Å². The quantitative estimate of drug-likeness (QED) is 0.179. The van der Waals surface area contributed by atoms with Crippen LogP contribution in [0.25, 0.3) is 10.9 Å². The van der Waals surface area contributed by atoms with Crippen molar-refractivity contribution in [2.24, 2.45) is 11.3 Å². The molecule has 2 aromatic heterocycles. The maximum absolute atomic E-state index is 16.0. The number of hydrogen-bond donors (Lipinski definition) is 3. The molecule has 0 radical (unpaired) electrons. The second-order valence-electron chi connectivity index (χ2n) is 17.9. The summed E-state index contributed by atoms with van der Waals surface area (Å²) in [5.74, 6) is -0.206. The van der Waals surface area contributed by atoms with E-state index in [1.54, 1.807) is 29.0 Å². The smallest absolute Gasteiger partial charge is 0.293 e. The Labute approximate surface area is 369 Å². The summed E-state index contributed by atoms with van der Waals surface area (Å²) in [6.07, 6.45) is 6.45. The zero-order valence-electron chi connectivity index (χ0n) is 35.7. The second-order valence-corrected chi connectivity index (χ2v) is 18.3. The molecule has 332 valence electrons. The first kappa shape index (κ1) is 42.5. The number of hydrogen-bond acceptors (Lipinski definition) is 12. The number of ether oxygens (including phenoxy) is 1. The summed E-state index contributed by atoms with van der Waals surface area (Å²) >= 11 is 6.61. The minimum absolute atomic E-state index is 0.0272. The average Bonchev–Trinajstić information content (AvgIpc) is 3.59. The zero-order valence-corrected chi connectivity index (χ0v) is 36.5. The molecule has 4 amide bonds. The Hall–Kier alpha value is -5.81. The number of carbonyl (C=O) groups excluding carboxylic acids is 4. The highest BCUT2D eigenvalue weighted by Gasteiger charge is 2.47. The number of benzene rings is 2. The van der Waals surface area contributed by atoms with Crippen LogP contribution < -0.4 is 36.0 Å². The predicted molar refractivity (Wildman–Crippen MR) is 236 cm³/mol. The van der Waals surface area contributed by atoms with Crippen molar-refractivity contribution in [1.82, 2.24) is 35.0 Å². The predicted octanol–water partition coefficient (Wildman–Crippen LogP) is 4.61. The number of piperidine rings is 1. The van der Waals surface area contributed by atoms with E-state index in [0.29, 0.717) is 45.2 Å². The number of piperazine rings is 1. The van der Waals surface area contributed by atoms with E-state index in [2.05, 4.69) is 35.6 Å². The zero-order chi connectivity index (χ0) is 44.2. The van der Waals surface area contributed by atoms with Gasteiger partial charge in [0.1, 0.15) is 11.1 Å². The molecule has 3 saturated heterocycles. The van der Waals surface area contributed by atoms with E-state index in [1.165, 1.54) is 11.9 Å². The summed E-state index contributed by atoms with van der Waals surface area (Å²) < 4.78 is 23.2. The summed E-state index contributed by atoms with van der Waals surface area (Å²) in [6.45, 7) is 9.53. The van der Waals surface area contributed by atoms with Gasteiger partial charge in [-0.3, -0.25) is 34.2 Å². The third kappa shape index (κ3) is 8.28. The number of rotatable bonds is 11. The molecule has 5 aliphatic rings. The van der Waals surface area contributed by atoms with Gasteiger partial charge in [-0.25, -0.2) is 9.37 Å². The number of anilines is 4. The topological polar surface area (TPSA) is 174 Å². The molecule has 1 aliphatic carbocycles.